The van der Waals surface area contributed by atoms with E-state index < -0.39 is 11.4 Å². The van der Waals surface area contributed by atoms with Crippen molar-refractivity contribution in [1.82, 2.24) is 0 Å². The van der Waals surface area contributed by atoms with Gasteiger partial charge < -0.3 is 5.11 Å². The molecule has 0 aromatic carbocycles. The molecule has 0 spiro atoms. The topological polar surface area (TPSA) is 37.3 Å². The van der Waals surface area contributed by atoms with Gasteiger partial charge >= 0.3 is 5.97 Å². The molecule has 0 amide bonds. The zero-order valence-electron chi connectivity index (χ0n) is 8.60. The standard InChI is InChI=1S/C10H16O2.Na/c1-8(2)10(9(11)12)6-4-3-5-7-10;/h1,3-7H2,2H3,(H,11,12);. The summed E-state index contributed by atoms with van der Waals surface area (Å²) >= 11 is 0. The van der Waals surface area contributed by atoms with Gasteiger partial charge in [0.05, 0.1) is 5.41 Å². The summed E-state index contributed by atoms with van der Waals surface area (Å²) in [6, 6.07) is 0. The van der Waals surface area contributed by atoms with Crippen LogP contribution in [0.25, 0.3) is 0 Å². The van der Waals surface area contributed by atoms with Gasteiger partial charge in [0.15, 0.2) is 0 Å². The molecule has 1 fully saturated rings. The van der Waals surface area contributed by atoms with E-state index >= 15 is 0 Å². The molecular formula is C10H16NaO2. The molecule has 1 aliphatic rings. The number of carbonyl (C=O) groups is 1. The SMILES string of the molecule is C=C(C)C1(C(=O)O)CCCCC1.[Na]. The summed E-state index contributed by atoms with van der Waals surface area (Å²) in [5, 5.41) is 9.10. The van der Waals surface area contributed by atoms with Crippen molar-refractivity contribution >= 4 is 35.5 Å². The Kier molecular flexibility index (Phi) is 5.26. The van der Waals surface area contributed by atoms with Crippen LogP contribution in [0.4, 0.5) is 0 Å². The third-order valence-corrected chi connectivity index (χ3v) is 2.93. The van der Waals surface area contributed by atoms with Gasteiger partial charge in [-0.2, -0.15) is 0 Å². The Hall–Kier alpha value is 0.210. The first-order valence-corrected chi connectivity index (χ1v) is 4.49. The Morgan fingerprint density at radius 2 is 1.77 bits per heavy atom. The number of hydrogen-bond donors (Lipinski definition) is 1. The van der Waals surface area contributed by atoms with E-state index in [-0.39, 0.29) is 29.6 Å². The van der Waals surface area contributed by atoms with Gasteiger partial charge in [-0.1, -0.05) is 31.4 Å². The number of hydrogen-bond acceptors (Lipinski definition) is 1. The number of carboxylic acids is 1. The van der Waals surface area contributed by atoms with Crippen molar-refractivity contribution in [3.05, 3.63) is 12.2 Å². The van der Waals surface area contributed by atoms with E-state index in [9.17, 15) is 4.79 Å². The molecule has 13 heavy (non-hydrogen) atoms. The first kappa shape index (κ1) is 13.2. The molecule has 1 radical (unpaired) electrons. The molecule has 0 aromatic rings. The Bertz CT molecular complexity index is 189. The van der Waals surface area contributed by atoms with E-state index in [1.54, 1.807) is 0 Å². The number of rotatable bonds is 2. The second-order valence-electron chi connectivity index (χ2n) is 3.73. The predicted molar refractivity (Wildman–Crippen MR) is 53.7 cm³/mol. The van der Waals surface area contributed by atoms with Crippen LogP contribution in [0, 0.1) is 5.41 Å². The molecule has 0 unspecified atom stereocenters. The Morgan fingerprint density at radius 3 is 2.00 bits per heavy atom. The van der Waals surface area contributed by atoms with Gasteiger partial charge in [-0.25, -0.2) is 0 Å². The maximum Gasteiger partial charge on any atom is 0.313 e. The minimum atomic E-state index is -0.685. The van der Waals surface area contributed by atoms with Crippen LogP contribution < -0.4 is 0 Å². The van der Waals surface area contributed by atoms with Gasteiger partial charge in [-0.15, -0.1) is 0 Å². The Morgan fingerprint density at radius 1 is 1.31 bits per heavy atom. The van der Waals surface area contributed by atoms with Crippen LogP contribution >= 0.6 is 0 Å². The van der Waals surface area contributed by atoms with Gasteiger partial charge in [0.1, 0.15) is 0 Å². The normalized spacial score (nSPS) is 20.1. The third-order valence-electron chi connectivity index (χ3n) is 2.93. The largest absolute Gasteiger partial charge is 0.481 e. The van der Waals surface area contributed by atoms with Gasteiger partial charge in [-0.05, 0) is 19.8 Å². The fourth-order valence-corrected chi connectivity index (χ4v) is 1.98. The summed E-state index contributed by atoms with van der Waals surface area (Å²) in [6.07, 6.45) is 4.77. The molecule has 1 rings (SSSR count). The second-order valence-corrected chi connectivity index (χ2v) is 3.73. The molecular weight excluding hydrogens is 175 g/mol. The minimum Gasteiger partial charge on any atom is -0.481 e. The van der Waals surface area contributed by atoms with Crippen molar-refractivity contribution in [3.63, 3.8) is 0 Å². The van der Waals surface area contributed by atoms with Gasteiger partial charge in [-0.3, -0.25) is 4.79 Å². The fraction of sp³-hybridized carbons (Fsp3) is 0.700. The van der Waals surface area contributed by atoms with Crippen LogP contribution in [0.5, 0.6) is 0 Å². The molecule has 0 aliphatic heterocycles. The smallest absolute Gasteiger partial charge is 0.313 e. The van der Waals surface area contributed by atoms with E-state index in [0.29, 0.717) is 0 Å². The van der Waals surface area contributed by atoms with Crippen LogP contribution in [-0.4, -0.2) is 40.6 Å². The maximum absolute atomic E-state index is 11.1. The summed E-state index contributed by atoms with van der Waals surface area (Å²) < 4.78 is 0. The molecule has 1 aliphatic carbocycles. The molecule has 1 N–H and O–H groups in total. The van der Waals surface area contributed by atoms with Crippen LogP contribution in [0.1, 0.15) is 39.0 Å². The zero-order chi connectivity index (χ0) is 9.19. The van der Waals surface area contributed by atoms with E-state index in [0.717, 1.165) is 31.3 Å². The molecule has 1 saturated carbocycles. The average Bonchev–Trinajstić information content (AvgIpc) is 2.05. The van der Waals surface area contributed by atoms with Crippen LogP contribution in [-0.2, 0) is 4.79 Å². The first-order chi connectivity index (χ1) is 5.59. The van der Waals surface area contributed by atoms with Gasteiger partial charge in [0.25, 0.3) is 0 Å². The molecule has 0 aromatic heterocycles. The van der Waals surface area contributed by atoms with Gasteiger partial charge in [0, 0.05) is 29.6 Å². The van der Waals surface area contributed by atoms with Crippen LogP contribution in [0.15, 0.2) is 12.2 Å². The molecule has 0 atom stereocenters. The summed E-state index contributed by atoms with van der Waals surface area (Å²) in [5.74, 6) is -0.685. The van der Waals surface area contributed by atoms with Crippen LogP contribution in [0.2, 0.25) is 0 Å². The molecule has 0 saturated heterocycles. The average molecular weight is 191 g/mol. The third kappa shape index (κ3) is 2.58. The molecule has 2 nitrogen and oxygen atoms in total. The van der Waals surface area contributed by atoms with Crippen molar-refractivity contribution in [3.8, 4) is 0 Å². The van der Waals surface area contributed by atoms with E-state index in [1.807, 2.05) is 6.92 Å². The molecule has 69 valence electrons. The summed E-state index contributed by atoms with van der Waals surface area (Å²) in [7, 11) is 0. The maximum atomic E-state index is 11.1. The minimum absolute atomic E-state index is 0. The van der Waals surface area contributed by atoms with Crippen molar-refractivity contribution in [1.29, 1.82) is 0 Å². The zero-order valence-corrected chi connectivity index (χ0v) is 10.6. The second kappa shape index (κ2) is 5.18. The Balaban J connectivity index is 0.00000144. The Labute approximate surface area is 102 Å². The number of aliphatic carboxylic acids is 1. The van der Waals surface area contributed by atoms with Crippen LogP contribution in [0.3, 0.4) is 0 Å². The molecule has 3 heteroatoms. The van der Waals surface area contributed by atoms with Crippen molar-refractivity contribution in [2.75, 3.05) is 0 Å². The first-order valence-electron chi connectivity index (χ1n) is 4.49. The summed E-state index contributed by atoms with van der Waals surface area (Å²) in [5.41, 5.74) is 0.216. The van der Waals surface area contributed by atoms with Crippen molar-refractivity contribution < 1.29 is 9.90 Å². The van der Waals surface area contributed by atoms with Crippen molar-refractivity contribution in [2.45, 2.75) is 39.0 Å². The number of carboxylic acid groups (broad SMARTS) is 1. The predicted octanol–water partition coefficient (Wildman–Crippen LogP) is 2.22. The summed E-state index contributed by atoms with van der Waals surface area (Å²) in [4.78, 5) is 11.1. The van der Waals surface area contributed by atoms with E-state index in [2.05, 4.69) is 6.58 Å². The van der Waals surface area contributed by atoms with E-state index in [4.69, 9.17) is 5.11 Å². The fourth-order valence-electron chi connectivity index (χ4n) is 1.98. The van der Waals surface area contributed by atoms with Gasteiger partial charge in [0.2, 0.25) is 0 Å². The van der Waals surface area contributed by atoms with E-state index in [1.165, 1.54) is 6.42 Å². The monoisotopic (exact) mass is 191 g/mol. The quantitative estimate of drug-likeness (QED) is 0.536. The summed E-state index contributed by atoms with van der Waals surface area (Å²) in [6.45, 7) is 5.62. The molecule has 0 heterocycles. The van der Waals surface area contributed by atoms with Crippen molar-refractivity contribution in [2.24, 2.45) is 5.41 Å². The molecule has 0 bridgehead atoms.